The third kappa shape index (κ3) is 3.92. The van der Waals surface area contributed by atoms with Crippen molar-refractivity contribution in [3.8, 4) is 0 Å². The molecule has 1 saturated carbocycles. The fourth-order valence-electron chi connectivity index (χ4n) is 2.83. The van der Waals surface area contributed by atoms with Crippen LogP contribution in [0.15, 0.2) is 4.34 Å². The minimum atomic E-state index is 0.411. The summed E-state index contributed by atoms with van der Waals surface area (Å²) in [5.41, 5.74) is 0.411. The van der Waals surface area contributed by atoms with E-state index >= 15 is 0 Å². The highest BCUT2D eigenvalue weighted by molar-refractivity contribution is 8.01. The largest absolute Gasteiger partial charge is 0.316 e. The Morgan fingerprint density at radius 2 is 2.05 bits per heavy atom. The minimum Gasteiger partial charge on any atom is -0.316 e. The van der Waals surface area contributed by atoms with Crippen LogP contribution in [0.4, 0.5) is 0 Å². The van der Waals surface area contributed by atoms with Crippen LogP contribution in [0, 0.1) is 18.3 Å². The summed E-state index contributed by atoms with van der Waals surface area (Å²) in [4.78, 5) is 4.50. The van der Waals surface area contributed by atoms with Gasteiger partial charge in [-0.05, 0) is 56.1 Å². The Kier molecular flexibility index (Phi) is 4.90. The molecule has 1 heterocycles. The van der Waals surface area contributed by atoms with E-state index in [2.05, 4.69) is 42.5 Å². The summed E-state index contributed by atoms with van der Waals surface area (Å²) >= 11 is 3.46. The average Bonchev–Trinajstić information content (AvgIpc) is 2.73. The molecule has 3 unspecified atom stereocenters. The van der Waals surface area contributed by atoms with E-state index in [1.165, 1.54) is 30.8 Å². The van der Waals surface area contributed by atoms with Gasteiger partial charge in [-0.3, -0.25) is 0 Å². The highest BCUT2D eigenvalue weighted by atomic mass is 32.2. The van der Waals surface area contributed by atoms with E-state index in [4.69, 9.17) is 0 Å². The van der Waals surface area contributed by atoms with E-state index in [1.54, 1.807) is 0 Å². The van der Waals surface area contributed by atoms with Crippen LogP contribution in [0.3, 0.4) is 0 Å². The second-order valence-corrected chi connectivity index (χ2v) is 8.77. The zero-order valence-corrected chi connectivity index (χ0v) is 14.2. The summed E-state index contributed by atoms with van der Waals surface area (Å²) in [6.07, 6.45) is 3.88. The molecule has 1 fully saturated rings. The summed E-state index contributed by atoms with van der Waals surface area (Å²) in [6.45, 7) is 9.07. The number of thioether (sulfide) groups is 1. The molecule has 5 heteroatoms. The molecule has 3 nitrogen and oxygen atoms in total. The molecule has 1 aromatic heterocycles. The molecule has 1 aliphatic carbocycles. The van der Waals surface area contributed by atoms with Gasteiger partial charge in [0, 0.05) is 11.3 Å². The van der Waals surface area contributed by atoms with Gasteiger partial charge < -0.3 is 5.32 Å². The van der Waals surface area contributed by atoms with E-state index in [-0.39, 0.29) is 0 Å². The van der Waals surface area contributed by atoms with E-state index in [0.717, 1.165) is 16.1 Å². The molecule has 1 N–H and O–H groups in total. The van der Waals surface area contributed by atoms with Crippen molar-refractivity contribution < 1.29 is 0 Å². The molecule has 0 spiro atoms. The monoisotopic (exact) mass is 299 g/mol. The van der Waals surface area contributed by atoms with Crippen molar-refractivity contribution >= 4 is 23.3 Å². The molecule has 0 aliphatic heterocycles. The first-order valence-electron chi connectivity index (χ1n) is 7.04. The molecule has 0 bridgehead atoms. The van der Waals surface area contributed by atoms with Gasteiger partial charge in [0.05, 0.1) is 0 Å². The summed E-state index contributed by atoms with van der Waals surface area (Å²) in [6, 6.07) is 0.604. The second kappa shape index (κ2) is 6.10. The lowest BCUT2D eigenvalue weighted by Crippen LogP contribution is -2.43. The molecule has 1 aromatic rings. The van der Waals surface area contributed by atoms with Gasteiger partial charge in [0.1, 0.15) is 5.82 Å². The van der Waals surface area contributed by atoms with Crippen LogP contribution < -0.4 is 5.32 Å². The standard InChI is InChI=1S/C14H25N3S2/c1-9-16-13(19-17-9)18-12-8-10(14(2,3)4)6-7-11(12)15-5/h10-12,15H,6-8H2,1-5H3. The van der Waals surface area contributed by atoms with Crippen molar-refractivity contribution in [2.45, 2.75) is 62.6 Å². The Bertz CT molecular complexity index is 411. The zero-order chi connectivity index (χ0) is 14.0. The first-order valence-corrected chi connectivity index (χ1v) is 8.69. The van der Waals surface area contributed by atoms with Crippen LogP contribution in [0.25, 0.3) is 0 Å². The minimum absolute atomic E-state index is 0.411. The lowest BCUT2D eigenvalue weighted by atomic mass is 9.71. The van der Waals surface area contributed by atoms with Crippen LogP contribution in [0.2, 0.25) is 0 Å². The van der Waals surface area contributed by atoms with Crippen molar-refractivity contribution in [3.05, 3.63) is 5.82 Å². The van der Waals surface area contributed by atoms with Crippen LogP contribution in [0.1, 0.15) is 45.9 Å². The Balaban J connectivity index is 2.05. The molecular weight excluding hydrogens is 274 g/mol. The van der Waals surface area contributed by atoms with Gasteiger partial charge in [-0.1, -0.05) is 32.5 Å². The quantitative estimate of drug-likeness (QED) is 0.922. The number of hydrogen-bond acceptors (Lipinski definition) is 5. The predicted octanol–water partition coefficient (Wildman–Crippen LogP) is 3.74. The van der Waals surface area contributed by atoms with Gasteiger partial charge >= 0.3 is 0 Å². The maximum absolute atomic E-state index is 4.50. The smallest absolute Gasteiger partial charge is 0.170 e. The van der Waals surface area contributed by atoms with E-state index in [9.17, 15) is 0 Å². The second-order valence-electron chi connectivity index (χ2n) is 6.53. The fraction of sp³-hybridized carbons (Fsp3) is 0.857. The van der Waals surface area contributed by atoms with Gasteiger partial charge in [-0.25, -0.2) is 4.98 Å². The first-order chi connectivity index (χ1) is 8.90. The summed E-state index contributed by atoms with van der Waals surface area (Å²) in [5.74, 6) is 1.71. The topological polar surface area (TPSA) is 37.8 Å². The molecule has 0 radical (unpaired) electrons. The molecule has 0 saturated heterocycles. The Labute approximate surface area is 125 Å². The van der Waals surface area contributed by atoms with Crippen LogP contribution in [-0.2, 0) is 0 Å². The number of nitrogens with zero attached hydrogens (tertiary/aromatic N) is 2. The van der Waals surface area contributed by atoms with E-state index in [0.29, 0.717) is 16.7 Å². The third-order valence-corrected chi connectivity index (χ3v) is 6.38. The Hall–Kier alpha value is -0.130. The van der Waals surface area contributed by atoms with Crippen molar-refractivity contribution in [3.63, 3.8) is 0 Å². The highest BCUT2D eigenvalue weighted by Gasteiger charge is 2.36. The van der Waals surface area contributed by atoms with Crippen molar-refractivity contribution in [1.82, 2.24) is 14.7 Å². The SMILES string of the molecule is CNC1CCC(C(C)(C)C)CC1Sc1nc(C)ns1. The lowest BCUT2D eigenvalue weighted by Gasteiger charge is -2.41. The molecule has 0 aromatic carbocycles. The molecule has 2 rings (SSSR count). The molecule has 19 heavy (non-hydrogen) atoms. The number of rotatable bonds is 3. The van der Waals surface area contributed by atoms with Gasteiger partial charge in [0.2, 0.25) is 0 Å². The number of nitrogens with one attached hydrogen (secondary N) is 1. The number of aromatic nitrogens is 2. The summed E-state index contributed by atoms with van der Waals surface area (Å²) in [5, 5.41) is 4.11. The van der Waals surface area contributed by atoms with Crippen molar-refractivity contribution in [1.29, 1.82) is 0 Å². The highest BCUT2D eigenvalue weighted by Crippen LogP contribution is 2.43. The Morgan fingerprint density at radius 1 is 1.32 bits per heavy atom. The van der Waals surface area contributed by atoms with Crippen LogP contribution in [-0.4, -0.2) is 27.7 Å². The predicted molar refractivity (Wildman–Crippen MR) is 83.9 cm³/mol. The average molecular weight is 300 g/mol. The summed E-state index contributed by atoms with van der Waals surface area (Å²) in [7, 11) is 2.08. The molecule has 1 aliphatic rings. The van der Waals surface area contributed by atoms with Crippen molar-refractivity contribution in [2.24, 2.45) is 11.3 Å². The number of aryl methyl sites for hydroxylation is 1. The number of hydrogen-bond donors (Lipinski definition) is 1. The molecule has 3 atom stereocenters. The van der Waals surface area contributed by atoms with Crippen LogP contribution in [0.5, 0.6) is 0 Å². The Morgan fingerprint density at radius 3 is 2.58 bits per heavy atom. The van der Waals surface area contributed by atoms with Gasteiger partial charge in [0.25, 0.3) is 0 Å². The molecule has 108 valence electrons. The van der Waals surface area contributed by atoms with Crippen LogP contribution >= 0.6 is 23.3 Å². The maximum Gasteiger partial charge on any atom is 0.170 e. The normalized spacial score (nSPS) is 28.6. The van der Waals surface area contributed by atoms with Gasteiger partial charge in [-0.15, -0.1) is 0 Å². The first kappa shape index (κ1) is 15.3. The van der Waals surface area contributed by atoms with Gasteiger partial charge in [0.15, 0.2) is 4.34 Å². The van der Waals surface area contributed by atoms with E-state index in [1.807, 2.05) is 18.7 Å². The van der Waals surface area contributed by atoms with Gasteiger partial charge in [-0.2, -0.15) is 4.37 Å². The fourth-order valence-corrected chi connectivity index (χ4v) is 5.12. The molecular formula is C14H25N3S2. The van der Waals surface area contributed by atoms with E-state index < -0.39 is 0 Å². The lowest BCUT2D eigenvalue weighted by molar-refractivity contribution is 0.167. The maximum atomic E-state index is 4.50. The molecule has 0 amide bonds. The summed E-state index contributed by atoms with van der Waals surface area (Å²) < 4.78 is 5.41. The zero-order valence-electron chi connectivity index (χ0n) is 12.6. The third-order valence-electron chi connectivity index (χ3n) is 4.15. The van der Waals surface area contributed by atoms with Crippen molar-refractivity contribution in [2.75, 3.05) is 7.05 Å².